The van der Waals surface area contributed by atoms with Gasteiger partial charge in [-0.2, -0.15) is 0 Å². The SMILES string of the molecule is COCC(CO)NC/C=C(/C)C(=O)OC. The normalized spacial score (nSPS) is 13.7. The number of aliphatic hydroxyl groups is 1. The highest BCUT2D eigenvalue weighted by Gasteiger charge is 2.05. The van der Waals surface area contributed by atoms with Crippen molar-refractivity contribution in [1.29, 1.82) is 0 Å². The van der Waals surface area contributed by atoms with Gasteiger partial charge in [0.15, 0.2) is 0 Å². The second-order valence-electron chi connectivity index (χ2n) is 3.12. The van der Waals surface area contributed by atoms with E-state index in [0.29, 0.717) is 18.7 Å². The molecule has 1 atom stereocenters. The molecule has 0 amide bonds. The maximum Gasteiger partial charge on any atom is 0.333 e. The number of methoxy groups -OCH3 is 2. The molecule has 0 aliphatic heterocycles. The molecule has 5 nitrogen and oxygen atoms in total. The van der Waals surface area contributed by atoms with Crippen molar-refractivity contribution in [3.8, 4) is 0 Å². The molecule has 0 saturated heterocycles. The lowest BCUT2D eigenvalue weighted by Crippen LogP contribution is -2.36. The molecule has 0 aliphatic carbocycles. The zero-order valence-electron chi connectivity index (χ0n) is 9.45. The zero-order valence-corrected chi connectivity index (χ0v) is 9.45. The van der Waals surface area contributed by atoms with Crippen LogP contribution in [0.15, 0.2) is 11.6 Å². The summed E-state index contributed by atoms with van der Waals surface area (Å²) in [6.45, 7) is 2.61. The summed E-state index contributed by atoms with van der Waals surface area (Å²) in [6.07, 6.45) is 1.71. The molecule has 0 heterocycles. The third-order valence-electron chi connectivity index (χ3n) is 1.91. The van der Waals surface area contributed by atoms with Crippen molar-refractivity contribution in [1.82, 2.24) is 5.32 Å². The van der Waals surface area contributed by atoms with Crippen LogP contribution >= 0.6 is 0 Å². The minimum atomic E-state index is -0.343. The summed E-state index contributed by atoms with van der Waals surface area (Å²) in [5, 5.41) is 11.9. The largest absolute Gasteiger partial charge is 0.466 e. The summed E-state index contributed by atoms with van der Waals surface area (Å²) in [5.41, 5.74) is 0.541. The molecule has 0 rings (SSSR count). The lowest BCUT2D eigenvalue weighted by molar-refractivity contribution is -0.136. The van der Waals surface area contributed by atoms with Crippen LogP contribution in [0.5, 0.6) is 0 Å². The number of ether oxygens (including phenoxy) is 2. The fourth-order valence-corrected chi connectivity index (χ4v) is 1.00. The van der Waals surface area contributed by atoms with Crippen molar-refractivity contribution in [3.63, 3.8) is 0 Å². The number of esters is 1. The van der Waals surface area contributed by atoms with Crippen LogP contribution in [0.25, 0.3) is 0 Å². The monoisotopic (exact) mass is 217 g/mol. The number of rotatable bonds is 7. The Kier molecular flexibility index (Phi) is 7.89. The molecule has 1 unspecified atom stereocenters. The van der Waals surface area contributed by atoms with E-state index in [2.05, 4.69) is 10.1 Å². The highest BCUT2D eigenvalue weighted by Crippen LogP contribution is 1.94. The number of nitrogens with one attached hydrogen (secondary N) is 1. The average molecular weight is 217 g/mol. The van der Waals surface area contributed by atoms with Crippen molar-refractivity contribution < 1.29 is 19.4 Å². The summed E-state index contributed by atoms with van der Waals surface area (Å²) in [4.78, 5) is 11.0. The van der Waals surface area contributed by atoms with Gasteiger partial charge in [0.2, 0.25) is 0 Å². The van der Waals surface area contributed by atoms with Crippen LogP contribution in [0.4, 0.5) is 0 Å². The van der Waals surface area contributed by atoms with Gasteiger partial charge in [-0.3, -0.25) is 0 Å². The van der Waals surface area contributed by atoms with E-state index in [4.69, 9.17) is 9.84 Å². The second-order valence-corrected chi connectivity index (χ2v) is 3.12. The number of hydrogen-bond acceptors (Lipinski definition) is 5. The molecule has 15 heavy (non-hydrogen) atoms. The van der Waals surface area contributed by atoms with Gasteiger partial charge in [-0.05, 0) is 6.92 Å². The first-order chi connectivity index (χ1) is 7.15. The minimum absolute atomic E-state index is 0.00104. The van der Waals surface area contributed by atoms with Crippen LogP contribution in [-0.4, -0.2) is 51.1 Å². The molecule has 0 aliphatic rings. The first-order valence-electron chi connectivity index (χ1n) is 4.74. The fraction of sp³-hybridized carbons (Fsp3) is 0.700. The van der Waals surface area contributed by atoms with Crippen LogP contribution in [0, 0.1) is 0 Å². The van der Waals surface area contributed by atoms with E-state index in [1.165, 1.54) is 7.11 Å². The molecular weight excluding hydrogens is 198 g/mol. The van der Waals surface area contributed by atoms with Gasteiger partial charge in [0.25, 0.3) is 0 Å². The smallest absolute Gasteiger partial charge is 0.333 e. The summed E-state index contributed by atoms with van der Waals surface area (Å²) < 4.78 is 9.42. The maximum atomic E-state index is 11.0. The van der Waals surface area contributed by atoms with Gasteiger partial charge in [-0.1, -0.05) is 6.08 Å². The number of carbonyl (C=O) groups is 1. The van der Waals surface area contributed by atoms with Crippen LogP contribution in [0.3, 0.4) is 0 Å². The van der Waals surface area contributed by atoms with Crippen LogP contribution < -0.4 is 5.32 Å². The van der Waals surface area contributed by atoms with E-state index >= 15 is 0 Å². The Morgan fingerprint density at radius 2 is 2.20 bits per heavy atom. The topological polar surface area (TPSA) is 67.8 Å². The lowest BCUT2D eigenvalue weighted by atomic mass is 10.2. The van der Waals surface area contributed by atoms with E-state index < -0.39 is 0 Å². The molecular formula is C10H19NO4. The maximum absolute atomic E-state index is 11.0. The summed E-state index contributed by atoms with van der Waals surface area (Å²) >= 11 is 0. The van der Waals surface area contributed by atoms with Gasteiger partial charge in [-0.15, -0.1) is 0 Å². The van der Waals surface area contributed by atoms with Gasteiger partial charge in [-0.25, -0.2) is 4.79 Å². The standard InChI is InChI=1S/C10H19NO4/c1-8(10(13)15-3)4-5-11-9(6-12)7-14-2/h4,9,11-12H,5-7H2,1-3H3/b8-4-. The molecule has 5 heteroatoms. The van der Waals surface area contributed by atoms with Gasteiger partial charge in [0, 0.05) is 19.2 Å². The van der Waals surface area contributed by atoms with Crippen molar-refractivity contribution in [2.24, 2.45) is 0 Å². The Balaban J connectivity index is 3.88. The third-order valence-corrected chi connectivity index (χ3v) is 1.91. The third kappa shape index (κ3) is 6.22. The van der Waals surface area contributed by atoms with Gasteiger partial charge in [0.1, 0.15) is 0 Å². The van der Waals surface area contributed by atoms with E-state index in [-0.39, 0.29) is 18.6 Å². The molecule has 0 aromatic rings. The highest BCUT2D eigenvalue weighted by molar-refractivity contribution is 5.87. The molecule has 0 bridgehead atoms. The second kappa shape index (κ2) is 8.40. The van der Waals surface area contributed by atoms with Crippen molar-refractivity contribution in [2.75, 3.05) is 34.0 Å². The molecule has 0 spiro atoms. The van der Waals surface area contributed by atoms with E-state index in [0.717, 1.165) is 0 Å². The number of aliphatic hydroxyl groups excluding tert-OH is 1. The summed E-state index contributed by atoms with van der Waals surface area (Å²) in [6, 6.07) is -0.114. The highest BCUT2D eigenvalue weighted by atomic mass is 16.5. The van der Waals surface area contributed by atoms with Gasteiger partial charge in [0.05, 0.1) is 26.4 Å². The fourth-order valence-electron chi connectivity index (χ4n) is 1.00. The van der Waals surface area contributed by atoms with Gasteiger partial charge < -0.3 is 19.9 Å². The molecule has 0 fully saturated rings. The van der Waals surface area contributed by atoms with E-state index in [9.17, 15) is 4.79 Å². The van der Waals surface area contributed by atoms with Gasteiger partial charge >= 0.3 is 5.97 Å². The van der Waals surface area contributed by atoms with E-state index in [1.54, 1.807) is 20.1 Å². The lowest BCUT2D eigenvalue weighted by Gasteiger charge is -2.13. The minimum Gasteiger partial charge on any atom is -0.466 e. The summed E-state index contributed by atoms with van der Waals surface area (Å²) in [5.74, 6) is -0.343. The Labute approximate surface area is 90.1 Å². The van der Waals surface area contributed by atoms with Crippen LogP contribution in [-0.2, 0) is 14.3 Å². The zero-order chi connectivity index (χ0) is 11.7. The number of carbonyl (C=O) groups excluding carboxylic acids is 1. The van der Waals surface area contributed by atoms with Crippen molar-refractivity contribution in [2.45, 2.75) is 13.0 Å². The molecule has 0 radical (unpaired) electrons. The Hall–Kier alpha value is -0.910. The molecule has 0 aromatic heterocycles. The predicted octanol–water partition coefficient (Wildman–Crippen LogP) is -0.297. The average Bonchev–Trinajstić information content (AvgIpc) is 2.26. The Morgan fingerprint density at radius 1 is 1.53 bits per heavy atom. The first-order valence-corrected chi connectivity index (χ1v) is 4.74. The van der Waals surface area contributed by atoms with Crippen molar-refractivity contribution >= 4 is 5.97 Å². The quantitative estimate of drug-likeness (QED) is 0.453. The molecule has 0 aromatic carbocycles. The van der Waals surface area contributed by atoms with Crippen LogP contribution in [0.2, 0.25) is 0 Å². The van der Waals surface area contributed by atoms with Crippen molar-refractivity contribution in [3.05, 3.63) is 11.6 Å². The first kappa shape index (κ1) is 14.1. The molecule has 88 valence electrons. The Bertz CT molecular complexity index is 215. The summed E-state index contributed by atoms with van der Waals surface area (Å²) in [7, 11) is 2.91. The Morgan fingerprint density at radius 3 is 2.67 bits per heavy atom. The molecule has 0 saturated carbocycles. The van der Waals surface area contributed by atoms with Crippen LogP contribution in [0.1, 0.15) is 6.92 Å². The molecule has 2 N–H and O–H groups in total. The predicted molar refractivity (Wildman–Crippen MR) is 56.5 cm³/mol. The van der Waals surface area contributed by atoms with E-state index in [1.807, 2.05) is 0 Å². The number of hydrogen-bond donors (Lipinski definition) is 2.